The van der Waals surface area contributed by atoms with Gasteiger partial charge in [0.1, 0.15) is 5.82 Å². The molecule has 22 heavy (non-hydrogen) atoms. The lowest BCUT2D eigenvalue weighted by Crippen LogP contribution is -2.24. The minimum Gasteiger partial charge on any atom is -0.347 e. The number of aryl methyl sites for hydroxylation is 1. The fourth-order valence-corrected chi connectivity index (χ4v) is 3.56. The van der Waals surface area contributed by atoms with Gasteiger partial charge < -0.3 is 14.9 Å². The van der Waals surface area contributed by atoms with E-state index in [0.29, 0.717) is 12.6 Å². The fourth-order valence-electron chi connectivity index (χ4n) is 3.56. The van der Waals surface area contributed by atoms with Crippen LogP contribution in [0.1, 0.15) is 65.7 Å². The van der Waals surface area contributed by atoms with Crippen LogP contribution in [0.25, 0.3) is 0 Å². The summed E-state index contributed by atoms with van der Waals surface area (Å²) >= 11 is 0. The first-order valence-corrected chi connectivity index (χ1v) is 8.11. The van der Waals surface area contributed by atoms with Gasteiger partial charge in [-0.05, 0) is 32.8 Å². The van der Waals surface area contributed by atoms with Crippen molar-refractivity contribution in [2.45, 2.75) is 58.5 Å². The van der Waals surface area contributed by atoms with Crippen molar-refractivity contribution in [2.75, 3.05) is 0 Å². The zero-order valence-corrected chi connectivity index (χ0v) is 13.4. The molecule has 5 nitrogen and oxygen atoms in total. The van der Waals surface area contributed by atoms with E-state index in [0.717, 1.165) is 17.1 Å². The van der Waals surface area contributed by atoms with Crippen LogP contribution >= 0.6 is 0 Å². The van der Waals surface area contributed by atoms with Crippen LogP contribution in [-0.2, 0) is 6.54 Å². The molecule has 0 aliphatic heterocycles. The zero-order chi connectivity index (χ0) is 15.5. The Morgan fingerprint density at radius 3 is 2.82 bits per heavy atom. The molecule has 0 spiro atoms. The third-order valence-corrected chi connectivity index (χ3v) is 4.64. The van der Waals surface area contributed by atoms with E-state index in [4.69, 9.17) is 0 Å². The van der Waals surface area contributed by atoms with E-state index in [1.807, 2.05) is 6.07 Å². The van der Waals surface area contributed by atoms with Crippen LogP contribution in [0.4, 0.5) is 0 Å². The molecule has 0 radical (unpaired) electrons. The molecular weight excluding hydrogens is 276 g/mol. The van der Waals surface area contributed by atoms with Crippen LogP contribution in [0.2, 0.25) is 0 Å². The Labute approximate surface area is 131 Å². The van der Waals surface area contributed by atoms with Gasteiger partial charge in [-0.1, -0.05) is 19.3 Å². The lowest BCUT2D eigenvalue weighted by Gasteiger charge is -2.26. The van der Waals surface area contributed by atoms with Crippen LogP contribution in [-0.4, -0.2) is 20.4 Å². The Morgan fingerprint density at radius 1 is 1.36 bits per heavy atom. The summed E-state index contributed by atoms with van der Waals surface area (Å²) in [6.07, 6.45) is 9.83. The minimum atomic E-state index is -0.0217. The van der Waals surface area contributed by atoms with Gasteiger partial charge in [0.2, 0.25) is 0 Å². The molecule has 2 aromatic rings. The lowest BCUT2D eigenvalue weighted by molar-refractivity contribution is 0.0949. The molecule has 1 fully saturated rings. The number of aromatic nitrogens is 3. The van der Waals surface area contributed by atoms with Gasteiger partial charge >= 0.3 is 0 Å². The second-order valence-corrected chi connectivity index (χ2v) is 6.17. The lowest BCUT2D eigenvalue weighted by atomic mass is 9.95. The van der Waals surface area contributed by atoms with Gasteiger partial charge in [-0.15, -0.1) is 0 Å². The van der Waals surface area contributed by atoms with Crippen LogP contribution in [0, 0.1) is 13.8 Å². The molecule has 2 N–H and O–H groups in total. The van der Waals surface area contributed by atoms with Crippen molar-refractivity contribution in [1.29, 1.82) is 0 Å². The van der Waals surface area contributed by atoms with Crippen molar-refractivity contribution >= 4 is 5.91 Å². The van der Waals surface area contributed by atoms with Crippen LogP contribution in [0.5, 0.6) is 0 Å². The third-order valence-electron chi connectivity index (χ3n) is 4.64. The van der Waals surface area contributed by atoms with Crippen LogP contribution < -0.4 is 5.32 Å². The van der Waals surface area contributed by atoms with E-state index < -0.39 is 0 Å². The summed E-state index contributed by atoms with van der Waals surface area (Å²) < 4.78 is 2.36. The van der Waals surface area contributed by atoms with Gasteiger partial charge in [-0.2, -0.15) is 0 Å². The highest BCUT2D eigenvalue weighted by atomic mass is 16.1. The van der Waals surface area contributed by atoms with E-state index in [9.17, 15) is 4.79 Å². The number of carbonyl (C=O) groups is 1. The van der Waals surface area contributed by atoms with Crippen molar-refractivity contribution in [3.63, 3.8) is 0 Å². The summed E-state index contributed by atoms with van der Waals surface area (Å²) in [6.45, 7) is 4.59. The molecule has 1 amide bonds. The van der Waals surface area contributed by atoms with E-state index in [1.165, 1.54) is 37.8 Å². The number of H-pyrrole nitrogens is 1. The summed E-state index contributed by atoms with van der Waals surface area (Å²) in [6, 6.07) is 2.57. The first kappa shape index (κ1) is 14.9. The predicted octanol–water partition coefficient (Wildman–Crippen LogP) is 3.26. The molecule has 1 aliphatic carbocycles. The summed E-state index contributed by atoms with van der Waals surface area (Å²) in [5.41, 5.74) is 3.06. The first-order valence-electron chi connectivity index (χ1n) is 8.11. The highest BCUT2D eigenvalue weighted by molar-refractivity contribution is 5.95. The molecule has 0 atom stereocenters. The highest BCUT2D eigenvalue weighted by Crippen LogP contribution is 2.32. The Bertz CT molecular complexity index is 636. The number of rotatable bonds is 4. The topological polar surface area (TPSA) is 62.7 Å². The Balaban J connectivity index is 1.74. The summed E-state index contributed by atoms with van der Waals surface area (Å²) in [5.74, 6) is 0.751. The average Bonchev–Trinajstić information content (AvgIpc) is 3.14. The molecule has 0 unspecified atom stereocenters. The van der Waals surface area contributed by atoms with Crippen molar-refractivity contribution in [3.05, 3.63) is 41.2 Å². The number of hydrogen-bond donors (Lipinski definition) is 2. The van der Waals surface area contributed by atoms with Gasteiger partial charge in [-0.3, -0.25) is 4.79 Å². The maximum Gasteiger partial charge on any atom is 0.253 e. The molecule has 0 aromatic carbocycles. The molecule has 5 heteroatoms. The van der Waals surface area contributed by atoms with Gasteiger partial charge in [0.05, 0.1) is 12.1 Å². The minimum absolute atomic E-state index is 0.0217. The average molecular weight is 300 g/mol. The molecule has 1 saturated carbocycles. The van der Waals surface area contributed by atoms with E-state index in [2.05, 4.69) is 33.7 Å². The third kappa shape index (κ3) is 2.93. The molecule has 1 aliphatic rings. The second-order valence-electron chi connectivity index (χ2n) is 6.17. The van der Waals surface area contributed by atoms with Gasteiger partial charge in [0, 0.05) is 29.8 Å². The number of amides is 1. The van der Waals surface area contributed by atoms with Crippen LogP contribution in [0.3, 0.4) is 0 Å². The number of aromatic amines is 1. The monoisotopic (exact) mass is 300 g/mol. The molecule has 0 saturated heterocycles. The van der Waals surface area contributed by atoms with Gasteiger partial charge in [-0.25, -0.2) is 4.98 Å². The highest BCUT2D eigenvalue weighted by Gasteiger charge is 2.22. The normalized spacial score (nSPS) is 15.9. The quantitative estimate of drug-likeness (QED) is 0.910. The molecular formula is C17H24N4O. The maximum absolute atomic E-state index is 12.4. The number of hydrogen-bond acceptors (Lipinski definition) is 2. The van der Waals surface area contributed by atoms with Gasteiger partial charge in [0.15, 0.2) is 0 Å². The van der Waals surface area contributed by atoms with Crippen molar-refractivity contribution in [1.82, 2.24) is 19.9 Å². The standard InChI is InChI=1S/C17H24N4O/c1-12-10-15(17(22)20-11-16-18-8-9-19-16)13(2)21(12)14-6-4-3-5-7-14/h8-10,14H,3-7,11H2,1-2H3,(H,18,19)(H,20,22). The number of carbonyl (C=O) groups excluding carboxylic acids is 1. The molecule has 2 heterocycles. The SMILES string of the molecule is Cc1cc(C(=O)NCc2ncc[nH]2)c(C)n1C1CCCCC1. The van der Waals surface area contributed by atoms with Crippen molar-refractivity contribution < 1.29 is 4.79 Å². The number of nitrogens with zero attached hydrogens (tertiary/aromatic N) is 2. The molecule has 2 aromatic heterocycles. The summed E-state index contributed by atoms with van der Waals surface area (Å²) in [5, 5.41) is 2.94. The van der Waals surface area contributed by atoms with Crippen molar-refractivity contribution in [2.24, 2.45) is 0 Å². The first-order chi connectivity index (χ1) is 10.7. The second kappa shape index (κ2) is 6.38. The molecule has 3 rings (SSSR count). The van der Waals surface area contributed by atoms with Crippen molar-refractivity contribution in [3.8, 4) is 0 Å². The number of imidazole rings is 1. The predicted molar refractivity (Wildman–Crippen MR) is 85.8 cm³/mol. The molecule has 0 bridgehead atoms. The largest absolute Gasteiger partial charge is 0.347 e. The van der Waals surface area contributed by atoms with Crippen LogP contribution in [0.15, 0.2) is 18.5 Å². The van der Waals surface area contributed by atoms with E-state index in [1.54, 1.807) is 12.4 Å². The Hall–Kier alpha value is -2.04. The molecule has 118 valence electrons. The smallest absolute Gasteiger partial charge is 0.253 e. The van der Waals surface area contributed by atoms with Gasteiger partial charge in [0.25, 0.3) is 5.91 Å². The van der Waals surface area contributed by atoms with E-state index in [-0.39, 0.29) is 5.91 Å². The zero-order valence-electron chi connectivity index (χ0n) is 13.4. The van der Waals surface area contributed by atoms with E-state index >= 15 is 0 Å². The number of nitrogens with one attached hydrogen (secondary N) is 2. The summed E-state index contributed by atoms with van der Waals surface area (Å²) in [4.78, 5) is 19.6. The Kier molecular flexibility index (Phi) is 4.32. The maximum atomic E-state index is 12.4. The fraction of sp³-hybridized carbons (Fsp3) is 0.529. The Morgan fingerprint density at radius 2 is 2.14 bits per heavy atom. The summed E-state index contributed by atoms with van der Waals surface area (Å²) in [7, 11) is 0.